The summed E-state index contributed by atoms with van der Waals surface area (Å²) in [7, 11) is 0. The van der Waals surface area contributed by atoms with Crippen molar-refractivity contribution in [3.8, 4) is 5.88 Å². The van der Waals surface area contributed by atoms with Crippen molar-refractivity contribution in [2.45, 2.75) is 26.3 Å². The molecule has 4 heterocycles. The highest BCUT2D eigenvalue weighted by atomic mass is 32.1. The first kappa shape index (κ1) is 19.2. The average molecular weight is 423 g/mol. The summed E-state index contributed by atoms with van der Waals surface area (Å²) in [5, 5.41) is 17.3. The van der Waals surface area contributed by atoms with Crippen molar-refractivity contribution in [3.63, 3.8) is 0 Å². The monoisotopic (exact) mass is 422 g/mol. The Kier molecular flexibility index (Phi) is 5.51. The molecule has 1 saturated heterocycles. The second-order valence-electron chi connectivity index (χ2n) is 6.66. The summed E-state index contributed by atoms with van der Waals surface area (Å²) in [6, 6.07) is 4.14. The van der Waals surface area contributed by atoms with Gasteiger partial charge in [0.05, 0.1) is 37.7 Å². The molecule has 1 atom stereocenters. The van der Waals surface area contributed by atoms with Gasteiger partial charge in [-0.15, -0.1) is 16.4 Å². The Labute approximate surface area is 171 Å². The number of amides is 1. The molecule has 1 aliphatic heterocycles. The van der Waals surface area contributed by atoms with E-state index in [4.69, 9.17) is 4.74 Å². The molecular formula is C18H24N5O3S2+. The van der Waals surface area contributed by atoms with Gasteiger partial charge in [-0.25, -0.2) is 9.78 Å². The first-order valence-electron chi connectivity index (χ1n) is 9.49. The Morgan fingerprint density at radius 3 is 2.79 bits per heavy atom. The number of quaternary nitrogens is 1. The summed E-state index contributed by atoms with van der Waals surface area (Å²) in [6.07, 6.45) is 0.487. The van der Waals surface area contributed by atoms with Gasteiger partial charge < -0.3 is 14.7 Å². The molecule has 1 amide bonds. The lowest BCUT2D eigenvalue weighted by Gasteiger charge is -2.35. The fourth-order valence-electron chi connectivity index (χ4n) is 3.58. The highest BCUT2D eigenvalue weighted by molar-refractivity contribution is 7.17. The molecule has 0 aliphatic carbocycles. The number of hydrogen-bond acceptors (Lipinski definition) is 7. The van der Waals surface area contributed by atoms with Gasteiger partial charge in [-0.2, -0.15) is 4.52 Å². The van der Waals surface area contributed by atoms with Crippen LogP contribution in [0.3, 0.4) is 0 Å². The summed E-state index contributed by atoms with van der Waals surface area (Å²) >= 11 is 3.18. The molecule has 0 radical (unpaired) electrons. The number of rotatable bonds is 5. The summed E-state index contributed by atoms with van der Waals surface area (Å²) in [4.78, 5) is 22.4. The normalized spacial score (nSPS) is 16.6. The zero-order chi connectivity index (χ0) is 19.7. The van der Waals surface area contributed by atoms with Gasteiger partial charge in [0.25, 0.3) is 0 Å². The van der Waals surface area contributed by atoms with Crippen molar-refractivity contribution in [1.29, 1.82) is 0 Å². The number of thiophene rings is 1. The Bertz CT molecular complexity index is 944. The van der Waals surface area contributed by atoms with Crippen molar-refractivity contribution >= 4 is 33.7 Å². The maximum atomic E-state index is 12.0. The molecule has 0 bridgehead atoms. The summed E-state index contributed by atoms with van der Waals surface area (Å²) in [5.41, 5.74) is 0. The lowest BCUT2D eigenvalue weighted by Crippen LogP contribution is -3.15. The van der Waals surface area contributed by atoms with Gasteiger partial charge in [-0.05, 0) is 18.4 Å². The molecule has 150 valence electrons. The topological polar surface area (TPSA) is 84.4 Å². The smallest absolute Gasteiger partial charge is 0.410 e. The van der Waals surface area contributed by atoms with Crippen LogP contribution < -0.4 is 4.90 Å². The number of aromatic hydroxyl groups is 1. The van der Waals surface area contributed by atoms with E-state index in [-0.39, 0.29) is 18.0 Å². The molecule has 10 heteroatoms. The molecule has 3 aromatic rings. The molecule has 2 N–H and O–H groups in total. The standard InChI is InChI=1S/C18H23N5O3S2/c1-3-13-19-17-23(20-13)16(24)15(28-17)14(12-6-5-11-27-12)21-7-9-22(10-8-21)18(25)26-4-2/h5-6,11,14,24H,3-4,7-10H2,1-2H3/p+1/t14-/m1/s1. The highest BCUT2D eigenvalue weighted by Crippen LogP contribution is 2.36. The van der Waals surface area contributed by atoms with Crippen molar-refractivity contribution in [2.24, 2.45) is 0 Å². The largest absolute Gasteiger partial charge is 0.492 e. The Balaban J connectivity index is 1.62. The molecule has 28 heavy (non-hydrogen) atoms. The number of piperazine rings is 1. The number of thiazole rings is 1. The quantitative estimate of drug-likeness (QED) is 0.652. The molecule has 0 spiro atoms. The number of nitrogens with zero attached hydrogens (tertiary/aromatic N) is 4. The van der Waals surface area contributed by atoms with Crippen LogP contribution in [0.25, 0.3) is 4.96 Å². The van der Waals surface area contributed by atoms with E-state index in [1.807, 2.05) is 19.9 Å². The Morgan fingerprint density at radius 2 is 2.18 bits per heavy atom. The predicted octanol–water partition coefficient (Wildman–Crippen LogP) is 1.57. The third-order valence-electron chi connectivity index (χ3n) is 4.99. The summed E-state index contributed by atoms with van der Waals surface area (Å²) in [5.74, 6) is 0.905. The third-order valence-corrected chi connectivity index (χ3v) is 7.01. The maximum absolute atomic E-state index is 12.0. The van der Waals surface area contributed by atoms with Crippen LogP contribution in [0.2, 0.25) is 0 Å². The number of aryl methyl sites for hydroxylation is 1. The average Bonchev–Trinajstić information content (AvgIpc) is 3.42. The van der Waals surface area contributed by atoms with E-state index in [0.717, 1.165) is 35.2 Å². The minimum Gasteiger partial charge on any atom is -0.492 e. The fraction of sp³-hybridized carbons (Fsp3) is 0.500. The van der Waals surface area contributed by atoms with Crippen LogP contribution in [0.1, 0.15) is 35.5 Å². The number of hydrogen-bond donors (Lipinski definition) is 2. The van der Waals surface area contributed by atoms with Crippen molar-refractivity contribution in [1.82, 2.24) is 19.5 Å². The van der Waals surface area contributed by atoms with E-state index in [1.54, 1.807) is 20.8 Å². The zero-order valence-electron chi connectivity index (χ0n) is 15.9. The summed E-state index contributed by atoms with van der Waals surface area (Å²) in [6.45, 7) is 7.05. The second-order valence-corrected chi connectivity index (χ2v) is 8.65. The zero-order valence-corrected chi connectivity index (χ0v) is 17.6. The van der Waals surface area contributed by atoms with E-state index in [0.29, 0.717) is 19.7 Å². The van der Waals surface area contributed by atoms with Crippen LogP contribution in [0, 0.1) is 0 Å². The van der Waals surface area contributed by atoms with Gasteiger partial charge in [0, 0.05) is 6.42 Å². The van der Waals surface area contributed by atoms with E-state index in [1.165, 1.54) is 21.1 Å². The number of nitrogens with one attached hydrogen (secondary N) is 1. The Hall–Kier alpha value is -2.17. The van der Waals surface area contributed by atoms with Crippen LogP contribution >= 0.6 is 22.7 Å². The van der Waals surface area contributed by atoms with Crippen LogP contribution in [0.4, 0.5) is 4.79 Å². The van der Waals surface area contributed by atoms with Crippen molar-refractivity contribution in [3.05, 3.63) is 33.1 Å². The molecular weight excluding hydrogens is 398 g/mol. The van der Waals surface area contributed by atoms with E-state index in [2.05, 4.69) is 21.5 Å². The number of ether oxygens (including phenoxy) is 1. The molecule has 4 rings (SSSR count). The molecule has 1 aliphatic rings. The van der Waals surface area contributed by atoms with Gasteiger partial charge in [0.15, 0.2) is 11.9 Å². The maximum Gasteiger partial charge on any atom is 0.410 e. The summed E-state index contributed by atoms with van der Waals surface area (Å²) < 4.78 is 6.68. The molecule has 0 unspecified atom stereocenters. The molecule has 1 fully saturated rings. The molecule has 8 nitrogen and oxygen atoms in total. The third kappa shape index (κ3) is 3.47. The molecule has 0 aromatic carbocycles. The van der Waals surface area contributed by atoms with Crippen LogP contribution in [0.5, 0.6) is 5.88 Å². The number of fused-ring (bicyclic) bond motifs is 1. The fourth-order valence-corrected chi connectivity index (χ4v) is 5.70. The van der Waals surface area contributed by atoms with Crippen LogP contribution in [0.15, 0.2) is 17.5 Å². The lowest BCUT2D eigenvalue weighted by molar-refractivity contribution is -0.928. The lowest BCUT2D eigenvalue weighted by atomic mass is 10.1. The molecule has 0 saturated carbocycles. The van der Waals surface area contributed by atoms with Gasteiger partial charge in [-0.1, -0.05) is 24.3 Å². The van der Waals surface area contributed by atoms with Gasteiger partial charge in [0.1, 0.15) is 4.88 Å². The minimum absolute atomic E-state index is 0.00271. The van der Waals surface area contributed by atoms with Gasteiger partial charge in [0.2, 0.25) is 10.8 Å². The highest BCUT2D eigenvalue weighted by Gasteiger charge is 2.36. The van der Waals surface area contributed by atoms with E-state index >= 15 is 0 Å². The second kappa shape index (κ2) is 8.06. The SMILES string of the molecule is CCOC(=O)N1CC[NH+]([C@H](c2cccs2)c2sc3nc(CC)nn3c2O)CC1. The minimum atomic E-state index is -0.247. The predicted molar refractivity (Wildman–Crippen MR) is 107 cm³/mol. The number of aromatic nitrogens is 3. The number of carbonyl (C=O) groups excluding carboxylic acids is 1. The van der Waals surface area contributed by atoms with E-state index < -0.39 is 0 Å². The molecule has 3 aromatic heterocycles. The number of carbonyl (C=O) groups is 1. The van der Waals surface area contributed by atoms with Gasteiger partial charge in [-0.3, -0.25) is 4.90 Å². The van der Waals surface area contributed by atoms with Crippen LogP contribution in [-0.4, -0.2) is 63.5 Å². The van der Waals surface area contributed by atoms with E-state index in [9.17, 15) is 9.90 Å². The van der Waals surface area contributed by atoms with Crippen LogP contribution in [-0.2, 0) is 11.2 Å². The first-order valence-corrected chi connectivity index (χ1v) is 11.2. The van der Waals surface area contributed by atoms with Crippen molar-refractivity contribution in [2.75, 3.05) is 32.8 Å². The van der Waals surface area contributed by atoms with Gasteiger partial charge >= 0.3 is 6.09 Å². The first-order chi connectivity index (χ1) is 13.6. The van der Waals surface area contributed by atoms with Crippen molar-refractivity contribution < 1.29 is 19.5 Å². The Morgan fingerprint density at radius 1 is 1.39 bits per heavy atom.